The van der Waals surface area contributed by atoms with Gasteiger partial charge in [0.05, 0.1) is 0 Å². The minimum atomic E-state index is -0.941. The highest BCUT2D eigenvalue weighted by atomic mass is 16.6. The van der Waals surface area contributed by atoms with E-state index < -0.39 is 17.7 Å². The monoisotopic (exact) mass is 347 g/mol. The van der Waals surface area contributed by atoms with Gasteiger partial charge in [-0.3, -0.25) is 0 Å². The Balaban J connectivity index is 1.79. The van der Waals surface area contributed by atoms with Crippen LogP contribution in [0.2, 0.25) is 0 Å². The van der Waals surface area contributed by atoms with Crippen molar-refractivity contribution in [3.8, 4) is 5.75 Å². The van der Waals surface area contributed by atoms with Crippen LogP contribution in [-0.2, 0) is 14.9 Å². The van der Waals surface area contributed by atoms with Crippen molar-refractivity contribution < 1.29 is 24.2 Å². The number of aliphatic carboxylic acids is 1. The van der Waals surface area contributed by atoms with Crippen LogP contribution in [0.3, 0.4) is 0 Å². The summed E-state index contributed by atoms with van der Waals surface area (Å²) in [6.07, 6.45) is 0.689. The third kappa shape index (κ3) is 3.57. The molecule has 3 rings (SSSR count). The van der Waals surface area contributed by atoms with Crippen molar-refractivity contribution in [3.05, 3.63) is 29.8 Å². The maximum atomic E-state index is 12.3. The summed E-state index contributed by atoms with van der Waals surface area (Å²) in [5.74, 6) is -0.296. The third-order valence-corrected chi connectivity index (χ3v) is 4.95. The van der Waals surface area contributed by atoms with E-state index in [1.54, 1.807) is 4.90 Å². The summed E-state index contributed by atoms with van der Waals surface area (Å²) in [5, 5.41) is 9.44. The quantitative estimate of drug-likeness (QED) is 0.844. The van der Waals surface area contributed by atoms with Crippen molar-refractivity contribution >= 4 is 12.1 Å². The molecule has 136 valence electrons. The maximum absolute atomic E-state index is 12.3. The second kappa shape index (κ2) is 6.24. The molecule has 1 N–H and O–H groups in total. The molecule has 1 aromatic carbocycles. The van der Waals surface area contributed by atoms with Crippen molar-refractivity contribution in [3.63, 3.8) is 0 Å². The molecule has 1 spiro atoms. The van der Waals surface area contributed by atoms with Gasteiger partial charge in [0.15, 0.2) is 6.10 Å². The zero-order valence-electron chi connectivity index (χ0n) is 14.9. The molecule has 0 aliphatic carbocycles. The standard InChI is InChI=1S/C19H25NO5/c1-18(2,3)25-17(23)20-10-8-19(9-11-20)12-15(16(21)22)24-14-7-5-4-6-13(14)19/h4-7,15H,8-12H2,1-3H3,(H,21,22)/t15-/m0/s1. The van der Waals surface area contributed by atoms with E-state index in [1.807, 2.05) is 45.0 Å². The van der Waals surface area contributed by atoms with Gasteiger partial charge in [-0.25, -0.2) is 9.59 Å². The Kier molecular flexibility index (Phi) is 4.39. The molecule has 0 saturated carbocycles. The number of carboxylic acids is 1. The molecule has 0 bridgehead atoms. The summed E-state index contributed by atoms with van der Waals surface area (Å²) in [5.41, 5.74) is 0.263. The molecule has 2 heterocycles. The summed E-state index contributed by atoms with van der Waals surface area (Å²) in [6, 6.07) is 7.64. The highest BCUT2D eigenvalue weighted by molar-refractivity contribution is 5.74. The molecule has 1 atom stereocenters. The van der Waals surface area contributed by atoms with Gasteiger partial charge in [-0.2, -0.15) is 0 Å². The van der Waals surface area contributed by atoms with Crippen LogP contribution >= 0.6 is 0 Å². The first-order valence-electron chi connectivity index (χ1n) is 8.67. The van der Waals surface area contributed by atoms with Gasteiger partial charge in [0.1, 0.15) is 11.4 Å². The smallest absolute Gasteiger partial charge is 0.410 e. The predicted molar refractivity (Wildman–Crippen MR) is 91.8 cm³/mol. The van der Waals surface area contributed by atoms with Gasteiger partial charge >= 0.3 is 12.1 Å². The van der Waals surface area contributed by atoms with Crippen molar-refractivity contribution in [2.45, 2.75) is 57.2 Å². The van der Waals surface area contributed by atoms with Crippen LogP contribution < -0.4 is 4.74 Å². The Bertz CT molecular complexity index is 671. The van der Waals surface area contributed by atoms with E-state index >= 15 is 0 Å². The van der Waals surface area contributed by atoms with Gasteiger partial charge in [-0.15, -0.1) is 0 Å². The molecule has 0 aromatic heterocycles. The lowest BCUT2D eigenvalue weighted by Crippen LogP contribution is -2.51. The van der Waals surface area contributed by atoms with Crippen LogP contribution in [0, 0.1) is 0 Å². The number of hydrogen-bond acceptors (Lipinski definition) is 4. The van der Waals surface area contributed by atoms with E-state index in [4.69, 9.17) is 9.47 Å². The van der Waals surface area contributed by atoms with Gasteiger partial charge in [-0.1, -0.05) is 18.2 Å². The highest BCUT2D eigenvalue weighted by Crippen LogP contribution is 2.47. The number of para-hydroxylation sites is 1. The number of likely N-dealkylation sites (tertiary alicyclic amines) is 1. The fourth-order valence-electron chi connectivity index (χ4n) is 3.72. The molecule has 2 aliphatic rings. The van der Waals surface area contributed by atoms with Gasteiger partial charge in [0.25, 0.3) is 0 Å². The normalized spacial score (nSPS) is 22.0. The highest BCUT2D eigenvalue weighted by Gasteiger charge is 2.46. The van der Waals surface area contributed by atoms with Crippen LogP contribution in [0.25, 0.3) is 0 Å². The molecular weight excluding hydrogens is 322 g/mol. The van der Waals surface area contributed by atoms with E-state index in [2.05, 4.69) is 0 Å². The van der Waals surface area contributed by atoms with Crippen LogP contribution in [0.15, 0.2) is 24.3 Å². The number of carbonyl (C=O) groups is 2. The molecule has 1 saturated heterocycles. The number of hydrogen-bond donors (Lipinski definition) is 1. The molecule has 6 nitrogen and oxygen atoms in total. The first-order chi connectivity index (χ1) is 11.7. The van der Waals surface area contributed by atoms with Crippen molar-refractivity contribution in [2.24, 2.45) is 0 Å². The van der Waals surface area contributed by atoms with E-state index in [0.717, 1.165) is 5.56 Å². The first kappa shape index (κ1) is 17.6. The maximum Gasteiger partial charge on any atom is 0.410 e. The molecule has 1 amide bonds. The zero-order valence-corrected chi connectivity index (χ0v) is 14.9. The summed E-state index contributed by atoms with van der Waals surface area (Å²) < 4.78 is 11.1. The summed E-state index contributed by atoms with van der Waals surface area (Å²) in [4.78, 5) is 25.5. The fraction of sp³-hybridized carbons (Fsp3) is 0.579. The van der Waals surface area contributed by atoms with Crippen molar-refractivity contribution in [1.29, 1.82) is 0 Å². The Morgan fingerprint density at radius 2 is 1.88 bits per heavy atom. The topological polar surface area (TPSA) is 76.1 Å². The van der Waals surface area contributed by atoms with Crippen LogP contribution in [0.1, 0.15) is 45.6 Å². The summed E-state index contributed by atoms with van der Waals surface area (Å²) >= 11 is 0. The molecule has 1 aromatic rings. The van der Waals surface area contributed by atoms with Crippen LogP contribution in [-0.4, -0.2) is 46.9 Å². The largest absolute Gasteiger partial charge is 0.479 e. The number of carbonyl (C=O) groups excluding carboxylic acids is 1. The molecule has 1 fully saturated rings. The Hall–Kier alpha value is -2.24. The van der Waals surface area contributed by atoms with E-state index in [0.29, 0.717) is 38.1 Å². The number of amides is 1. The van der Waals surface area contributed by atoms with Crippen LogP contribution in [0.5, 0.6) is 5.75 Å². The van der Waals surface area contributed by atoms with Gasteiger partial charge in [0, 0.05) is 30.5 Å². The van der Waals surface area contributed by atoms with Gasteiger partial charge < -0.3 is 19.5 Å². The number of nitrogens with zero attached hydrogens (tertiary/aromatic N) is 1. The molecular formula is C19H25NO5. The average molecular weight is 347 g/mol. The number of benzene rings is 1. The third-order valence-electron chi connectivity index (χ3n) is 4.95. The SMILES string of the molecule is CC(C)(C)OC(=O)N1CCC2(CC1)C[C@@H](C(=O)O)Oc1ccccc12. The molecule has 0 radical (unpaired) electrons. The van der Waals surface area contributed by atoms with Crippen molar-refractivity contribution in [1.82, 2.24) is 4.90 Å². The molecule has 0 unspecified atom stereocenters. The van der Waals surface area contributed by atoms with E-state index in [1.165, 1.54) is 0 Å². The lowest BCUT2D eigenvalue weighted by atomic mass is 9.67. The summed E-state index contributed by atoms with van der Waals surface area (Å²) in [6.45, 7) is 6.65. The second-order valence-corrected chi connectivity index (χ2v) is 7.89. The molecule has 25 heavy (non-hydrogen) atoms. The first-order valence-corrected chi connectivity index (χ1v) is 8.67. The van der Waals surface area contributed by atoms with Gasteiger partial charge in [0.2, 0.25) is 0 Å². The Labute approximate surface area is 147 Å². The average Bonchev–Trinajstić information content (AvgIpc) is 2.54. The van der Waals surface area contributed by atoms with E-state index in [-0.39, 0.29) is 11.5 Å². The Morgan fingerprint density at radius 3 is 2.48 bits per heavy atom. The number of carboxylic acid groups (broad SMARTS) is 1. The molecule has 2 aliphatic heterocycles. The second-order valence-electron chi connectivity index (χ2n) is 7.89. The predicted octanol–water partition coefficient (Wildman–Crippen LogP) is 3.19. The minimum absolute atomic E-state index is 0.267. The molecule has 6 heteroatoms. The Morgan fingerprint density at radius 1 is 1.24 bits per heavy atom. The number of rotatable bonds is 1. The number of fused-ring (bicyclic) bond motifs is 2. The van der Waals surface area contributed by atoms with Gasteiger partial charge in [-0.05, 0) is 39.7 Å². The fourth-order valence-corrected chi connectivity index (χ4v) is 3.72. The van der Waals surface area contributed by atoms with Crippen LogP contribution in [0.4, 0.5) is 4.79 Å². The zero-order chi connectivity index (χ0) is 18.2. The lowest BCUT2D eigenvalue weighted by Gasteiger charge is -2.46. The minimum Gasteiger partial charge on any atom is -0.479 e. The summed E-state index contributed by atoms with van der Waals surface area (Å²) in [7, 11) is 0. The number of ether oxygens (including phenoxy) is 2. The van der Waals surface area contributed by atoms with E-state index in [9.17, 15) is 14.7 Å². The van der Waals surface area contributed by atoms with Crippen molar-refractivity contribution in [2.75, 3.05) is 13.1 Å². The number of piperidine rings is 1. The lowest BCUT2D eigenvalue weighted by molar-refractivity contribution is -0.147.